The van der Waals surface area contributed by atoms with Crippen LogP contribution in [0, 0.1) is 0 Å². The van der Waals surface area contributed by atoms with Crippen LogP contribution in [0.15, 0.2) is 12.1 Å². The molecule has 1 aromatic rings. The van der Waals surface area contributed by atoms with Gasteiger partial charge >= 0.3 is 0 Å². The van der Waals surface area contributed by atoms with Gasteiger partial charge in [0.05, 0.1) is 0 Å². The Balaban J connectivity index is 2.47. The van der Waals surface area contributed by atoms with Crippen molar-refractivity contribution in [1.29, 1.82) is 0 Å². The number of phenols is 1. The van der Waals surface area contributed by atoms with Gasteiger partial charge in [-0.3, -0.25) is 0 Å². The summed E-state index contributed by atoms with van der Waals surface area (Å²) in [5.74, 6) is 0.386. The molecule has 2 heteroatoms. The van der Waals surface area contributed by atoms with Gasteiger partial charge in [0.15, 0.2) is 0 Å². The Morgan fingerprint density at radius 3 is 2.69 bits per heavy atom. The van der Waals surface area contributed by atoms with Gasteiger partial charge in [-0.1, -0.05) is 6.42 Å². The molecule has 70 valence electrons. The molecule has 0 aromatic heterocycles. The largest absolute Gasteiger partial charge is 0.508 e. The van der Waals surface area contributed by atoms with Crippen LogP contribution >= 0.6 is 0 Å². The Morgan fingerprint density at radius 1 is 1.08 bits per heavy atom. The molecular formula is C11H15NO. The lowest BCUT2D eigenvalue weighted by molar-refractivity contribution is 0.467. The van der Waals surface area contributed by atoms with Crippen molar-refractivity contribution < 1.29 is 5.11 Å². The number of hydrogen-bond donors (Lipinski definition) is 2. The summed E-state index contributed by atoms with van der Waals surface area (Å²) in [7, 11) is 0. The lowest BCUT2D eigenvalue weighted by atomic mass is 10.0. The van der Waals surface area contributed by atoms with Gasteiger partial charge in [0.2, 0.25) is 0 Å². The molecule has 0 aliphatic heterocycles. The molecule has 0 unspecified atom stereocenters. The Hall–Kier alpha value is -1.18. The highest BCUT2D eigenvalue weighted by molar-refractivity contribution is 5.52. The van der Waals surface area contributed by atoms with Gasteiger partial charge in [0.25, 0.3) is 0 Å². The average Bonchev–Trinajstić information content (AvgIpc) is 2.28. The molecule has 0 radical (unpaired) electrons. The lowest BCUT2D eigenvalue weighted by Gasteiger charge is -2.08. The summed E-state index contributed by atoms with van der Waals surface area (Å²) in [6.07, 6.45) is 5.73. The Bertz CT molecular complexity index is 320. The molecule has 3 N–H and O–H groups in total. The third-order valence-corrected chi connectivity index (χ3v) is 2.71. The first kappa shape index (κ1) is 8.42. The van der Waals surface area contributed by atoms with Crippen molar-refractivity contribution in [2.24, 2.45) is 0 Å². The number of hydrogen-bond acceptors (Lipinski definition) is 2. The van der Waals surface area contributed by atoms with Crippen LogP contribution in [-0.4, -0.2) is 5.11 Å². The van der Waals surface area contributed by atoms with Crippen LogP contribution in [0.1, 0.15) is 30.4 Å². The maximum Gasteiger partial charge on any atom is 0.121 e. The topological polar surface area (TPSA) is 46.2 Å². The zero-order chi connectivity index (χ0) is 9.26. The second-order valence-electron chi connectivity index (χ2n) is 3.74. The fourth-order valence-electron chi connectivity index (χ4n) is 2.05. The van der Waals surface area contributed by atoms with Crippen LogP contribution < -0.4 is 5.73 Å². The van der Waals surface area contributed by atoms with Gasteiger partial charge in [-0.05, 0) is 42.9 Å². The smallest absolute Gasteiger partial charge is 0.121 e. The quantitative estimate of drug-likeness (QED) is 0.471. The van der Waals surface area contributed by atoms with Crippen molar-refractivity contribution in [2.45, 2.75) is 32.1 Å². The average molecular weight is 177 g/mol. The predicted octanol–water partition coefficient (Wildman–Crippen LogP) is 2.24. The van der Waals surface area contributed by atoms with Crippen LogP contribution in [0.25, 0.3) is 0 Å². The normalized spacial score (nSPS) is 16.3. The highest BCUT2D eigenvalue weighted by Crippen LogP contribution is 2.30. The number of anilines is 1. The molecule has 0 saturated heterocycles. The van der Waals surface area contributed by atoms with Crippen LogP contribution in [0.3, 0.4) is 0 Å². The predicted molar refractivity (Wildman–Crippen MR) is 53.8 cm³/mol. The zero-order valence-electron chi connectivity index (χ0n) is 7.71. The third-order valence-electron chi connectivity index (χ3n) is 2.71. The van der Waals surface area contributed by atoms with E-state index < -0.39 is 0 Å². The standard InChI is InChI=1S/C11H15NO/c12-9-6-8-4-2-1-3-5-10(8)11(13)7-9/h6-7,13H,1-5,12H2. The fourth-order valence-corrected chi connectivity index (χ4v) is 2.05. The van der Waals surface area contributed by atoms with E-state index in [0.717, 1.165) is 18.4 Å². The number of aromatic hydroxyl groups is 1. The van der Waals surface area contributed by atoms with Gasteiger partial charge in [0, 0.05) is 11.8 Å². The van der Waals surface area contributed by atoms with Gasteiger partial charge in [0.1, 0.15) is 5.75 Å². The minimum Gasteiger partial charge on any atom is -0.508 e. The van der Waals surface area contributed by atoms with Crippen molar-refractivity contribution >= 4 is 5.69 Å². The van der Waals surface area contributed by atoms with E-state index in [9.17, 15) is 5.11 Å². The van der Waals surface area contributed by atoms with E-state index >= 15 is 0 Å². The molecule has 0 heterocycles. The van der Waals surface area contributed by atoms with E-state index in [0.29, 0.717) is 11.4 Å². The molecule has 2 rings (SSSR count). The fraction of sp³-hybridized carbons (Fsp3) is 0.455. The molecule has 1 aliphatic carbocycles. The van der Waals surface area contributed by atoms with Gasteiger partial charge in [-0.2, -0.15) is 0 Å². The van der Waals surface area contributed by atoms with Crippen molar-refractivity contribution in [3.8, 4) is 5.75 Å². The Kier molecular flexibility index (Phi) is 2.13. The molecular weight excluding hydrogens is 162 g/mol. The molecule has 0 fully saturated rings. The van der Waals surface area contributed by atoms with E-state index in [1.807, 2.05) is 6.07 Å². The van der Waals surface area contributed by atoms with Crippen LogP contribution in [0.2, 0.25) is 0 Å². The monoisotopic (exact) mass is 177 g/mol. The summed E-state index contributed by atoms with van der Waals surface area (Å²) >= 11 is 0. The number of nitrogen functional groups attached to an aromatic ring is 1. The number of aryl methyl sites for hydroxylation is 1. The third kappa shape index (κ3) is 1.62. The van der Waals surface area contributed by atoms with E-state index in [1.54, 1.807) is 6.07 Å². The molecule has 0 spiro atoms. The maximum atomic E-state index is 9.68. The van der Waals surface area contributed by atoms with E-state index in [4.69, 9.17) is 5.73 Å². The molecule has 0 saturated carbocycles. The van der Waals surface area contributed by atoms with Crippen molar-refractivity contribution in [1.82, 2.24) is 0 Å². The zero-order valence-corrected chi connectivity index (χ0v) is 7.71. The Labute approximate surface area is 78.4 Å². The summed E-state index contributed by atoms with van der Waals surface area (Å²) in [5, 5.41) is 9.68. The van der Waals surface area contributed by atoms with Crippen LogP contribution in [-0.2, 0) is 12.8 Å². The summed E-state index contributed by atoms with van der Waals surface area (Å²) in [6.45, 7) is 0. The molecule has 2 nitrogen and oxygen atoms in total. The molecule has 0 amide bonds. The second kappa shape index (κ2) is 3.29. The summed E-state index contributed by atoms with van der Waals surface area (Å²) < 4.78 is 0. The highest BCUT2D eigenvalue weighted by Gasteiger charge is 2.12. The molecule has 0 bridgehead atoms. The number of nitrogens with two attached hydrogens (primary N) is 1. The SMILES string of the molecule is Nc1cc(O)c2c(c1)CCCCC2. The first-order chi connectivity index (χ1) is 6.27. The highest BCUT2D eigenvalue weighted by atomic mass is 16.3. The number of benzene rings is 1. The first-order valence-corrected chi connectivity index (χ1v) is 4.87. The van der Waals surface area contributed by atoms with Crippen LogP contribution in [0.5, 0.6) is 5.75 Å². The van der Waals surface area contributed by atoms with E-state index in [1.165, 1.54) is 24.8 Å². The first-order valence-electron chi connectivity index (χ1n) is 4.87. The minimum atomic E-state index is 0.386. The van der Waals surface area contributed by atoms with Crippen molar-refractivity contribution in [3.63, 3.8) is 0 Å². The van der Waals surface area contributed by atoms with Crippen LogP contribution in [0.4, 0.5) is 5.69 Å². The Morgan fingerprint density at radius 2 is 1.85 bits per heavy atom. The minimum absolute atomic E-state index is 0.386. The van der Waals surface area contributed by atoms with Crippen molar-refractivity contribution in [3.05, 3.63) is 23.3 Å². The summed E-state index contributed by atoms with van der Waals surface area (Å²) in [4.78, 5) is 0. The van der Waals surface area contributed by atoms with Crippen molar-refractivity contribution in [2.75, 3.05) is 5.73 Å². The van der Waals surface area contributed by atoms with E-state index in [-0.39, 0.29) is 0 Å². The number of fused-ring (bicyclic) bond motifs is 1. The summed E-state index contributed by atoms with van der Waals surface area (Å²) in [6, 6.07) is 3.66. The summed E-state index contributed by atoms with van der Waals surface area (Å²) in [5.41, 5.74) is 8.72. The molecule has 1 aliphatic rings. The van der Waals surface area contributed by atoms with Gasteiger partial charge < -0.3 is 10.8 Å². The number of rotatable bonds is 0. The maximum absolute atomic E-state index is 9.68. The lowest BCUT2D eigenvalue weighted by Crippen LogP contribution is -1.94. The number of phenolic OH excluding ortho intramolecular Hbond substituents is 1. The molecule has 1 aromatic carbocycles. The van der Waals surface area contributed by atoms with E-state index in [2.05, 4.69) is 0 Å². The second-order valence-corrected chi connectivity index (χ2v) is 3.74. The molecule has 13 heavy (non-hydrogen) atoms. The van der Waals surface area contributed by atoms with Gasteiger partial charge in [-0.15, -0.1) is 0 Å². The molecule has 0 atom stereocenters. The van der Waals surface area contributed by atoms with Gasteiger partial charge in [-0.25, -0.2) is 0 Å².